The molecule has 0 fully saturated rings. The summed E-state index contributed by atoms with van der Waals surface area (Å²) in [6, 6.07) is 8.38. The summed E-state index contributed by atoms with van der Waals surface area (Å²) in [6.07, 6.45) is 1.68. The highest BCUT2D eigenvalue weighted by Crippen LogP contribution is 2.13. The van der Waals surface area contributed by atoms with Gasteiger partial charge in [0.1, 0.15) is 5.69 Å². The van der Waals surface area contributed by atoms with Crippen LogP contribution in [-0.4, -0.2) is 34.0 Å². The number of rotatable bonds is 6. The third kappa shape index (κ3) is 4.94. The number of amides is 3. The molecule has 0 aliphatic heterocycles. The Labute approximate surface area is 139 Å². The van der Waals surface area contributed by atoms with Crippen molar-refractivity contribution in [2.24, 2.45) is 7.05 Å². The smallest absolute Gasteiger partial charge is 0.269 e. The van der Waals surface area contributed by atoms with Crippen LogP contribution < -0.4 is 16.0 Å². The van der Waals surface area contributed by atoms with Crippen LogP contribution in [0, 0.1) is 0 Å². The molecule has 24 heavy (non-hydrogen) atoms. The van der Waals surface area contributed by atoms with Gasteiger partial charge in [-0.1, -0.05) is 0 Å². The van der Waals surface area contributed by atoms with Crippen molar-refractivity contribution < 1.29 is 14.4 Å². The van der Waals surface area contributed by atoms with Crippen molar-refractivity contribution in [3.05, 3.63) is 42.2 Å². The predicted octanol–water partition coefficient (Wildman–Crippen LogP) is 1.14. The second-order valence-electron chi connectivity index (χ2n) is 5.15. The van der Waals surface area contributed by atoms with E-state index in [0.29, 0.717) is 17.1 Å². The maximum atomic E-state index is 11.9. The van der Waals surface area contributed by atoms with Crippen molar-refractivity contribution in [2.75, 3.05) is 17.2 Å². The van der Waals surface area contributed by atoms with Gasteiger partial charge in [-0.2, -0.15) is 5.10 Å². The maximum Gasteiger partial charge on any atom is 0.269 e. The first-order valence-corrected chi connectivity index (χ1v) is 7.39. The van der Waals surface area contributed by atoms with Gasteiger partial charge in [0, 0.05) is 44.5 Å². The van der Waals surface area contributed by atoms with Gasteiger partial charge in [0.15, 0.2) is 0 Å². The van der Waals surface area contributed by atoms with Crippen LogP contribution in [0.15, 0.2) is 36.5 Å². The number of carbonyl (C=O) groups is 3. The Kier molecular flexibility index (Phi) is 5.67. The molecule has 0 atom stereocenters. The lowest BCUT2D eigenvalue weighted by Gasteiger charge is -2.08. The molecule has 0 spiro atoms. The zero-order valence-corrected chi connectivity index (χ0v) is 13.5. The Bertz CT molecular complexity index is 736. The van der Waals surface area contributed by atoms with E-state index in [-0.39, 0.29) is 30.7 Å². The molecule has 8 nitrogen and oxygen atoms in total. The normalized spacial score (nSPS) is 10.1. The second kappa shape index (κ2) is 7.91. The molecule has 0 radical (unpaired) electrons. The van der Waals surface area contributed by atoms with Crippen LogP contribution >= 0.6 is 0 Å². The number of nitrogens with zero attached hydrogens (tertiary/aromatic N) is 2. The van der Waals surface area contributed by atoms with E-state index in [9.17, 15) is 14.4 Å². The Balaban J connectivity index is 1.76. The molecule has 0 unspecified atom stereocenters. The number of hydrogen-bond donors (Lipinski definition) is 3. The fraction of sp³-hybridized carbons (Fsp3) is 0.250. The first kappa shape index (κ1) is 17.2. The quantitative estimate of drug-likeness (QED) is 0.739. The van der Waals surface area contributed by atoms with Crippen molar-refractivity contribution in [2.45, 2.75) is 13.3 Å². The molecule has 1 aromatic heterocycles. The number of nitrogens with one attached hydrogen (secondary N) is 3. The largest absolute Gasteiger partial charge is 0.350 e. The van der Waals surface area contributed by atoms with Crippen LogP contribution in [-0.2, 0) is 16.6 Å². The van der Waals surface area contributed by atoms with E-state index in [4.69, 9.17) is 0 Å². The van der Waals surface area contributed by atoms with Crippen LogP contribution in [0.1, 0.15) is 23.8 Å². The Morgan fingerprint density at radius 1 is 1.04 bits per heavy atom. The molecule has 0 saturated heterocycles. The van der Waals surface area contributed by atoms with Gasteiger partial charge in [0.25, 0.3) is 5.91 Å². The zero-order valence-electron chi connectivity index (χ0n) is 13.5. The van der Waals surface area contributed by atoms with Crippen molar-refractivity contribution in [3.8, 4) is 0 Å². The summed E-state index contributed by atoms with van der Waals surface area (Å²) in [5.41, 5.74) is 1.71. The fourth-order valence-electron chi connectivity index (χ4n) is 2.04. The van der Waals surface area contributed by atoms with E-state index < -0.39 is 0 Å². The first-order valence-electron chi connectivity index (χ1n) is 7.39. The molecule has 0 saturated carbocycles. The van der Waals surface area contributed by atoms with Crippen LogP contribution in [0.25, 0.3) is 0 Å². The molecule has 2 aromatic rings. The van der Waals surface area contributed by atoms with E-state index in [1.165, 1.54) is 17.8 Å². The predicted molar refractivity (Wildman–Crippen MR) is 89.5 cm³/mol. The minimum absolute atomic E-state index is 0.150. The van der Waals surface area contributed by atoms with Crippen LogP contribution in [0.2, 0.25) is 0 Å². The average molecular weight is 329 g/mol. The van der Waals surface area contributed by atoms with E-state index >= 15 is 0 Å². The van der Waals surface area contributed by atoms with Gasteiger partial charge in [-0.15, -0.1) is 0 Å². The number of benzene rings is 1. The number of aryl methyl sites for hydroxylation is 1. The Morgan fingerprint density at radius 3 is 2.21 bits per heavy atom. The van der Waals surface area contributed by atoms with Gasteiger partial charge < -0.3 is 16.0 Å². The number of anilines is 2. The van der Waals surface area contributed by atoms with E-state index in [1.807, 2.05) is 0 Å². The Morgan fingerprint density at radius 2 is 1.67 bits per heavy atom. The number of carbonyl (C=O) groups excluding carboxylic acids is 3. The summed E-state index contributed by atoms with van der Waals surface area (Å²) < 4.78 is 1.46. The molecule has 2 rings (SSSR count). The van der Waals surface area contributed by atoms with E-state index in [1.54, 1.807) is 37.4 Å². The van der Waals surface area contributed by atoms with Crippen LogP contribution in [0.3, 0.4) is 0 Å². The lowest BCUT2D eigenvalue weighted by atomic mass is 10.2. The summed E-state index contributed by atoms with van der Waals surface area (Å²) in [5, 5.41) is 11.9. The van der Waals surface area contributed by atoms with Gasteiger partial charge in [-0.25, -0.2) is 0 Å². The summed E-state index contributed by atoms with van der Waals surface area (Å²) in [7, 11) is 1.67. The summed E-state index contributed by atoms with van der Waals surface area (Å²) in [6.45, 7) is 1.65. The molecule has 1 aromatic carbocycles. The van der Waals surface area contributed by atoms with Gasteiger partial charge in [0.2, 0.25) is 11.8 Å². The standard InChI is InChI=1S/C16H19N5O3/c1-11(22)19-12-3-5-13(6-4-12)20-15(23)8-9-17-16(24)14-7-10-18-21(14)2/h3-7,10H,8-9H2,1-2H3,(H,17,24)(H,19,22)(H,20,23). The van der Waals surface area contributed by atoms with Gasteiger partial charge in [-0.05, 0) is 30.3 Å². The summed E-state index contributed by atoms with van der Waals surface area (Å²) in [5.74, 6) is -0.647. The van der Waals surface area contributed by atoms with E-state index in [2.05, 4.69) is 21.0 Å². The molecule has 3 N–H and O–H groups in total. The highest BCUT2D eigenvalue weighted by Gasteiger charge is 2.10. The zero-order chi connectivity index (χ0) is 17.5. The van der Waals surface area contributed by atoms with Crippen LogP contribution in [0.5, 0.6) is 0 Å². The molecule has 0 aliphatic carbocycles. The summed E-state index contributed by atoms with van der Waals surface area (Å²) >= 11 is 0. The number of aromatic nitrogens is 2. The third-order valence-corrected chi connectivity index (χ3v) is 3.18. The molecule has 0 bridgehead atoms. The van der Waals surface area contributed by atoms with Gasteiger partial charge >= 0.3 is 0 Å². The van der Waals surface area contributed by atoms with Crippen molar-refractivity contribution in [1.29, 1.82) is 0 Å². The molecular weight excluding hydrogens is 310 g/mol. The molecule has 8 heteroatoms. The third-order valence-electron chi connectivity index (χ3n) is 3.18. The van der Waals surface area contributed by atoms with Crippen molar-refractivity contribution >= 4 is 29.1 Å². The van der Waals surface area contributed by atoms with Crippen LogP contribution in [0.4, 0.5) is 11.4 Å². The van der Waals surface area contributed by atoms with E-state index in [0.717, 1.165) is 0 Å². The second-order valence-corrected chi connectivity index (χ2v) is 5.15. The molecule has 1 heterocycles. The summed E-state index contributed by atoms with van der Waals surface area (Å²) in [4.78, 5) is 34.6. The molecule has 126 valence electrons. The molecule has 0 aliphatic rings. The minimum Gasteiger partial charge on any atom is -0.350 e. The maximum absolute atomic E-state index is 11.9. The molecule has 3 amide bonds. The monoisotopic (exact) mass is 329 g/mol. The fourth-order valence-corrected chi connectivity index (χ4v) is 2.04. The highest BCUT2D eigenvalue weighted by molar-refractivity contribution is 5.94. The minimum atomic E-state index is -0.275. The number of hydrogen-bond acceptors (Lipinski definition) is 4. The van der Waals surface area contributed by atoms with Gasteiger partial charge in [0.05, 0.1) is 0 Å². The lowest BCUT2D eigenvalue weighted by molar-refractivity contribution is -0.116. The SMILES string of the molecule is CC(=O)Nc1ccc(NC(=O)CCNC(=O)c2ccnn2C)cc1. The lowest BCUT2D eigenvalue weighted by Crippen LogP contribution is -2.29. The highest BCUT2D eigenvalue weighted by atomic mass is 16.2. The topological polar surface area (TPSA) is 105 Å². The molecular formula is C16H19N5O3. The van der Waals surface area contributed by atoms with Gasteiger partial charge in [-0.3, -0.25) is 19.1 Å². The van der Waals surface area contributed by atoms with Crippen molar-refractivity contribution in [1.82, 2.24) is 15.1 Å². The Hall–Kier alpha value is -3.16. The first-order chi connectivity index (χ1) is 11.5. The average Bonchev–Trinajstić information content (AvgIpc) is 2.95. The van der Waals surface area contributed by atoms with Crippen molar-refractivity contribution in [3.63, 3.8) is 0 Å².